The average Bonchev–Trinajstić information content (AvgIpc) is 2.62. The maximum Gasteiger partial charge on any atom is 0.233 e. The van der Waals surface area contributed by atoms with E-state index in [0.29, 0.717) is 11.8 Å². The van der Waals surface area contributed by atoms with Crippen molar-refractivity contribution in [1.29, 1.82) is 0 Å². The standard InChI is InChI=1S/C12H14N2O3S/c1-7-5-10(6-13-11(7)17-18(4)15)12-14-8(2)9(3)16-12/h5-6H,1-4H3. The van der Waals surface area contributed by atoms with Crippen molar-refractivity contribution < 1.29 is 12.8 Å². The molecule has 0 saturated heterocycles. The maximum absolute atomic E-state index is 11.0. The van der Waals surface area contributed by atoms with Crippen molar-refractivity contribution in [2.24, 2.45) is 0 Å². The molecule has 0 N–H and O–H groups in total. The monoisotopic (exact) mass is 266 g/mol. The lowest BCUT2D eigenvalue weighted by molar-refractivity contribution is 0.537. The van der Waals surface area contributed by atoms with Crippen molar-refractivity contribution in [3.63, 3.8) is 0 Å². The van der Waals surface area contributed by atoms with Gasteiger partial charge in [-0.25, -0.2) is 14.2 Å². The van der Waals surface area contributed by atoms with Gasteiger partial charge in [0.1, 0.15) is 5.76 Å². The number of hydrogen-bond donors (Lipinski definition) is 0. The molecule has 0 spiro atoms. The summed E-state index contributed by atoms with van der Waals surface area (Å²) in [5.74, 6) is 1.68. The fraction of sp³-hybridized carbons (Fsp3) is 0.333. The van der Waals surface area contributed by atoms with Gasteiger partial charge < -0.3 is 8.60 Å². The van der Waals surface area contributed by atoms with Gasteiger partial charge in [0.25, 0.3) is 0 Å². The van der Waals surface area contributed by atoms with Gasteiger partial charge in [-0.15, -0.1) is 0 Å². The van der Waals surface area contributed by atoms with E-state index in [2.05, 4.69) is 9.97 Å². The smallest absolute Gasteiger partial charge is 0.233 e. The first kappa shape index (κ1) is 12.8. The molecule has 0 amide bonds. The third-order valence-electron chi connectivity index (χ3n) is 2.50. The first-order chi connectivity index (χ1) is 8.47. The minimum absolute atomic E-state index is 0.361. The summed E-state index contributed by atoms with van der Waals surface area (Å²) in [7, 11) is 0. The molecule has 2 aromatic heterocycles. The zero-order chi connectivity index (χ0) is 13.3. The van der Waals surface area contributed by atoms with Gasteiger partial charge in [-0.3, -0.25) is 0 Å². The van der Waals surface area contributed by atoms with E-state index in [1.54, 1.807) is 6.20 Å². The Morgan fingerprint density at radius 3 is 2.56 bits per heavy atom. The Balaban J connectivity index is 2.36. The van der Waals surface area contributed by atoms with Gasteiger partial charge in [-0.05, 0) is 26.8 Å². The van der Waals surface area contributed by atoms with Crippen molar-refractivity contribution in [2.75, 3.05) is 6.26 Å². The molecule has 0 radical (unpaired) electrons. The second-order valence-electron chi connectivity index (χ2n) is 3.99. The van der Waals surface area contributed by atoms with Gasteiger partial charge >= 0.3 is 0 Å². The summed E-state index contributed by atoms with van der Waals surface area (Å²) in [6.45, 7) is 5.59. The molecule has 0 bridgehead atoms. The van der Waals surface area contributed by atoms with Crippen molar-refractivity contribution >= 4 is 11.1 Å². The third-order valence-corrected chi connectivity index (χ3v) is 2.89. The summed E-state index contributed by atoms with van der Waals surface area (Å²) in [6, 6.07) is 1.85. The van der Waals surface area contributed by atoms with E-state index in [0.717, 1.165) is 22.6 Å². The van der Waals surface area contributed by atoms with Crippen LogP contribution in [0.2, 0.25) is 0 Å². The molecule has 2 heterocycles. The highest BCUT2D eigenvalue weighted by molar-refractivity contribution is 7.79. The van der Waals surface area contributed by atoms with Crippen molar-refractivity contribution in [1.82, 2.24) is 9.97 Å². The van der Waals surface area contributed by atoms with Gasteiger partial charge in [0, 0.05) is 18.0 Å². The Morgan fingerprint density at radius 1 is 1.33 bits per heavy atom. The second kappa shape index (κ2) is 4.89. The molecule has 0 fully saturated rings. The number of oxazole rings is 1. The molecule has 0 aromatic carbocycles. The van der Waals surface area contributed by atoms with Crippen LogP contribution in [0.5, 0.6) is 5.88 Å². The summed E-state index contributed by atoms with van der Waals surface area (Å²) in [5, 5.41) is 0. The van der Waals surface area contributed by atoms with E-state index in [9.17, 15) is 4.21 Å². The summed E-state index contributed by atoms with van der Waals surface area (Å²) in [5.41, 5.74) is 2.42. The lowest BCUT2D eigenvalue weighted by Gasteiger charge is -2.04. The maximum atomic E-state index is 11.0. The Labute approximate surface area is 108 Å². The number of aryl methyl sites for hydroxylation is 3. The van der Waals surface area contributed by atoms with E-state index in [1.807, 2.05) is 26.8 Å². The van der Waals surface area contributed by atoms with E-state index in [-0.39, 0.29) is 0 Å². The second-order valence-corrected chi connectivity index (χ2v) is 4.96. The summed E-state index contributed by atoms with van der Waals surface area (Å²) in [4.78, 5) is 8.42. The fourth-order valence-electron chi connectivity index (χ4n) is 1.47. The Kier molecular flexibility index (Phi) is 3.47. The molecule has 0 aliphatic rings. The molecule has 1 unspecified atom stereocenters. The van der Waals surface area contributed by atoms with Crippen LogP contribution in [0.25, 0.3) is 11.5 Å². The van der Waals surface area contributed by atoms with Gasteiger partial charge in [0.15, 0.2) is 0 Å². The minimum atomic E-state index is -1.38. The van der Waals surface area contributed by atoms with Gasteiger partial charge in [0.2, 0.25) is 22.9 Å². The Bertz CT molecular complexity index is 588. The zero-order valence-corrected chi connectivity index (χ0v) is 11.5. The van der Waals surface area contributed by atoms with Crippen LogP contribution in [0, 0.1) is 20.8 Å². The zero-order valence-electron chi connectivity index (χ0n) is 10.7. The fourth-order valence-corrected chi connectivity index (χ4v) is 1.87. The predicted octanol–water partition coefficient (Wildman–Crippen LogP) is 2.33. The SMILES string of the molecule is Cc1cc(-c2nc(C)c(C)o2)cnc1OS(C)=O. The van der Waals surface area contributed by atoms with Crippen LogP contribution in [0.4, 0.5) is 0 Å². The molecule has 0 aliphatic heterocycles. The molecule has 6 heteroatoms. The average molecular weight is 266 g/mol. The highest BCUT2D eigenvalue weighted by Crippen LogP contribution is 2.25. The van der Waals surface area contributed by atoms with Crippen molar-refractivity contribution in [3.05, 3.63) is 29.3 Å². The number of hydrogen-bond acceptors (Lipinski definition) is 5. The molecule has 5 nitrogen and oxygen atoms in total. The molecule has 0 aliphatic carbocycles. The largest absolute Gasteiger partial charge is 0.441 e. The lowest BCUT2D eigenvalue weighted by Crippen LogP contribution is -2.00. The molecule has 18 heavy (non-hydrogen) atoms. The topological polar surface area (TPSA) is 65.2 Å². The Morgan fingerprint density at radius 2 is 2.06 bits per heavy atom. The lowest BCUT2D eigenvalue weighted by atomic mass is 10.2. The summed E-state index contributed by atoms with van der Waals surface area (Å²) < 4.78 is 21.6. The molecule has 1 atom stereocenters. The summed E-state index contributed by atoms with van der Waals surface area (Å²) >= 11 is -1.38. The van der Waals surface area contributed by atoms with E-state index in [4.69, 9.17) is 8.60 Å². The predicted molar refractivity (Wildman–Crippen MR) is 68.6 cm³/mol. The normalized spacial score (nSPS) is 12.4. The highest BCUT2D eigenvalue weighted by Gasteiger charge is 2.11. The third kappa shape index (κ3) is 2.59. The molecule has 0 saturated carbocycles. The molecule has 96 valence electrons. The van der Waals surface area contributed by atoms with Crippen molar-refractivity contribution in [2.45, 2.75) is 20.8 Å². The number of aromatic nitrogens is 2. The van der Waals surface area contributed by atoms with Crippen LogP contribution in [0.1, 0.15) is 17.0 Å². The van der Waals surface area contributed by atoms with Crippen molar-refractivity contribution in [3.8, 4) is 17.3 Å². The van der Waals surface area contributed by atoms with Crippen LogP contribution in [-0.2, 0) is 11.1 Å². The molecule has 2 rings (SSSR count). The number of nitrogens with zero attached hydrogens (tertiary/aromatic N) is 2. The first-order valence-electron chi connectivity index (χ1n) is 5.40. The highest BCUT2D eigenvalue weighted by atomic mass is 32.2. The van der Waals surface area contributed by atoms with Crippen LogP contribution < -0.4 is 4.18 Å². The summed E-state index contributed by atoms with van der Waals surface area (Å²) in [6.07, 6.45) is 3.05. The van der Waals surface area contributed by atoms with Crippen LogP contribution in [-0.4, -0.2) is 20.4 Å². The minimum Gasteiger partial charge on any atom is -0.441 e. The Hall–Kier alpha value is -1.69. The van der Waals surface area contributed by atoms with E-state index >= 15 is 0 Å². The van der Waals surface area contributed by atoms with Crippen LogP contribution in [0.3, 0.4) is 0 Å². The van der Waals surface area contributed by atoms with E-state index < -0.39 is 11.1 Å². The quantitative estimate of drug-likeness (QED) is 0.853. The molecular weight excluding hydrogens is 252 g/mol. The van der Waals surface area contributed by atoms with Gasteiger partial charge in [0.05, 0.1) is 11.3 Å². The van der Waals surface area contributed by atoms with Crippen LogP contribution in [0.15, 0.2) is 16.7 Å². The first-order valence-corrected chi connectivity index (χ1v) is 6.88. The van der Waals surface area contributed by atoms with E-state index in [1.165, 1.54) is 6.26 Å². The van der Waals surface area contributed by atoms with Crippen LogP contribution >= 0.6 is 0 Å². The van der Waals surface area contributed by atoms with Gasteiger partial charge in [-0.1, -0.05) is 0 Å². The molecular formula is C12H14N2O3S. The van der Waals surface area contributed by atoms with Gasteiger partial charge in [-0.2, -0.15) is 0 Å². The number of pyridine rings is 1. The molecule has 2 aromatic rings. The number of rotatable bonds is 3.